The fraction of sp³-hybridized carbons (Fsp3) is 0.667. The van der Waals surface area contributed by atoms with Crippen LogP contribution in [0.4, 0.5) is 0 Å². The number of nitrogens with one attached hydrogen (secondary N) is 2. The molecule has 1 amide bonds. The minimum atomic E-state index is -0.0471. The Balaban J connectivity index is 0.00000364. The second-order valence-electron chi connectivity index (χ2n) is 7.13. The standard InChI is InChI=1S/C21H34N2O3.ClH/c1-4-5-14-26-19-8-7-18(15-20(19)25-3)16(2)23-21(24)9-6-17-10-12-22-13-11-17;/h7-8,15-17,22H,4-6,9-14H2,1-3H3,(H,23,24);1H. The smallest absolute Gasteiger partial charge is 0.220 e. The monoisotopic (exact) mass is 398 g/mol. The van der Waals surface area contributed by atoms with Crippen LogP contribution in [-0.2, 0) is 4.79 Å². The first-order chi connectivity index (χ1) is 12.6. The van der Waals surface area contributed by atoms with E-state index < -0.39 is 0 Å². The van der Waals surface area contributed by atoms with Gasteiger partial charge in [0.05, 0.1) is 19.8 Å². The highest BCUT2D eigenvalue weighted by Gasteiger charge is 2.16. The SMILES string of the molecule is CCCCOc1ccc(C(C)NC(=O)CCC2CCNCC2)cc1OC.Cl. The first kappa shape index (κ1) is 23.6. The van der Waals surface area contributed by atoms with Crippen molar-refractivity contribution in [1.29, 1.82) is 0 Å². The summed E-state index contributed by atoms with van der Waals surface area (Å²) in [5, 5.41) is 6.47. The van der Waals surface area contributed by atoms with E-state index in [0.717, 1.165) is 49.4 Å². The molecule has 27 heavy (non-hydrogen) atoms. The summed E-state index contributed by atoms with van der Waals surface area (Å²) in [5.41, 5.74) is 1.03. The van der Waals surface area contributed by atoms with Gasteiger partial charge in [0.25, 0.3) is 0 Å². The summed E-state index contributed by atoms with van der Waals surface area (Å²) in [7, 11) is 1.65. The Morgan fingerprint density at radius 2 is 2.04 bits per heavy atom. The molecule has 0 aromatic heterocycles. The molecule has 1 aromatic rings. The van der Waals surface area contributed by atoms with Crippen molar-refractivity contribution in [2.75, 3.05) is 26.8 Å². The van der Waals surface area contributed by atoms with Crippen molar-refractivity contribution in [2.45, 2.75) is 58.4 Å². The molecule has 1 saturated heterocycles. The van der Waals surface area contributed by atoms with Crippen LogP contribution in [-0.4, -0.2) is 32.7 Å². The molecule has 0 aliphatic carbocycles. The molecule has 1 unspecified atom stereocenters. The number of benzene rings is 1. The van der Waals surface area contributed by atoms with Crippen LogP contribution in [0.1, 0.15) is 64.0 Å². The third-order valence-corrected chi connectivity index (χ3v) is 5.06. The minimum absolute atomic E-state index is 0. The molecule has 2 rings (SSSR count). The van der Waals surface area contributed by atoms with E-state index in [1.807, 2.05) is 25.1 Å². The van der Waals surface area contributed by atoms with Gasteiger partial charge in [-0.15, -0.1) is 12.4 Å². The topological polar surface area (TPSA) is 59.6 Å². The van der Waals surface area contributed by atoms with E-state index in [4.69, 9.17) is 9.47 Å². The molecule has 0 bridgehead atoms. The van der Waals surface area contributed by atoms with Gasteiger partial charge in [0, 0.05) is 6.42 Å². The van der Waals surface area contributed by atoms with Gasteiger partial charge in [-0.05, 0) is 69.3 Å². The van der Waals surface area contributed by atoms with Gasteiger partial charge >= 0.3 is 0 Å². The first-order valence-electron chi connectivity index (χ1n) is 9.94. The molecule has 6 heteroatoms. The van der Waals surface area contributed by atoms with Crippen LogP contribution in [0.25, 0.3) is 0 Å². The van der Waals surface area contributed by atoms with Crippen molar-refractivity contribution in [3.8, 4) is 11.5 Å². The molecule has 1 heterocycles. The van der Waals surface area contributed by atoms with Gasteiger partial charge in [-0.1, -0.05) is 19.4 Å². The maximum Gasteiger partial charge on any atom is 0.220 e. The maximum atomic E-state index is 12.3. The van der Waals surface area contributed by atoms with Crippen LogP contribution in [0.5, 0.6) is 11.5 Å². The number of piperidine rings is 1. The van der Waals surface area contributed by atoms with Crippen LogP contribution in [0.15, 0.2) is 18.2 Å². The normalized spacial score (nSPS) is 15.5. The average molecular weight is 399 g/mol. The number of hydrogen-bond donors (Lipinski definition) is 2. The predicted octanol–water partition coefficient (Wildman–Crippen LogP) is 4.25. The summed E-state index contributed by atoms with van der Waals surface area (Å²) in [6, 6.07) is 5.84. The van der Waals surface area contributed by atoms with Gasteiger partial charge in [0.15, 0.2) is 11.5 Å². The number of methoxy groups -OCH3 is 1. The van der Waals surface area contributed by atoms with Gasteiger partial charge in [-0.2, -0.15) is 0 Å². The van der Waals surface area contributed by atoms with Crippen LogP contribution in [0.3, 0.4) is 0 Å². The van der Waals surface area contributed by atoms with Crippen molar-refractivity contribution in [1.82, 2.24) is 10.6 Å². The molecule has 1 fully saturated rings. The van der Waals surface area contributed by atoms with Crippen molar-refractivity contribution >= 4 is 18.3 Å². The molecule has 0 spiro atoms. The summed E-state index contributed by atoms with van der Waals surface area (Å²) < 4.78 is 11.2. The Kier molecular flexibility index (Phi) is 11.2. The van der Waals surface area contributed by atoms with Crippen LogP contribution in [0.2, 0.25) is 0 Å². The Morgan fingerprint density at radius 1 is 1.30 bits per heavy atom. The molecule has 1 atom stereocenters. The summed E-state index contributed by atoms with van der Waals surface area (Å²) in [4.78, 5) is 12.3. The maximum absolute atomic E-state index is 12.3. The lowest BCUT2D eigenvalue weighted by Crippen LogP contribution is -2.30. The fourth-order valence-electron chi connectivity index (χ4n) is 3.30. The summed E-state index contributed by atoms with van der Waals surface area (Å²) >= 11 is 0. The van der Waals surface area contributed by atoms with E-state index >= 15 is 0 Å². The first-order valence-corrected chi connectivity index (χ1v) is 9.94. The lowest BCUT2D eigenvalue weighted by atomic mass is 9.93. The second-order valence-corrected chi connectivity index (χ2v) is 7.13. The van der Waals surface area contributed by atoms with Crippen molar-refractivity contribution in [3.63, 3.8) is 0 Å². The molecule has 1 aliphatic rings. The third-order valence-electron chi connectivity index (χ3n) is 5.06. The van der Waals surface area contributed by atoms with Gasteiger partial charge in [-0.25, -0.2) is 0 Å². The van der Waals surface area contributed by atoms with E-state index in [1.54, 1.807) is 7.11 Å². The Hall–Kier alpha value is -1.46. The van der Waals surface area contributed by atoms with Crippen LogP contribution >= 0.6 is 12.4 Å². The van der Waals surface area contributed by atoms with E-state index in [0.29, 0.717) is 18.9 Å². The molecule has 154 valence electrons. The number of amides is 1. The predicted molar refractivity (Wildman–Crippen MR) is 112 cm³/mol. The Labute approximate surface area is 170 Å². The number of carbonyl (C=O) groups is 1. The van der Waals surface area contributed by atoms with Gasteiger partial charge < -0.3 is 20.1 Å². The number of carbonyl (C=O) groups excluding carboxylic acids is 1. The summed E-state index contributed by atoms with van der Waals surface area (Å²) in [6.07, 6.45) is 6.06. The number of rotatable bonds is 10. The molecule has 0 saturated carbocycles. The molecule has 1 aliphatic heterocycles. The molecule has 0 radical (unpaired) electrons. The van der Waals surface area contributed by atoms with Crippen LogP contribution in [0, 0.1) is 5.92 Å². The average Bonchev–Trinajstić information content (AvgIpc) is 2.67. The van der Waals surface area contributed by atoms with Gasteiger partial charge in [-0.3, -0.25) is 4.79 Å². The second kappa shape index (κ2) is 12.8. The van der Waals surface area contributed by atoms with Crippen molar-refractivity contribution < 1.29 is 14.3 Å². The zero-order chi connectivity index (χ0) is 18.8. The number of halogens is 1. The van der Waals surface area contributed by atoms with Crippen molar-refractivity contribution in [2.24, 2.45) is 5.92 Å². The zero-order valence-electron chi connectivity index (χ0n) is 16.9. The Bertz CT molecular complexity index is 562. The number of unbranched alkanes of at least 4 members (excludes halogenated alkanes) is 1. The largest absolute Gasteiger partial charge is 0.493 e. The van der Waals surface area contributed by atoms with Gasteiger partial charge in [0.2, 0.25) is 5.91 Å². The summed E-state index contributed by atoms with van der Waals surface area (Å²) in [5.74, 6) is 2.28. The fourth-order valence-corrected chi connectivity index (χ4v) is 3.30. The zero-order valence-corrected chi connectivity index (χ0v) is 17.7. The van der Waals surface area contributed by atoms with Crippen molar-refractivity contribution in [3.05, 3.63) is 23.8 Å². The molecule has 5 nitrogen and oxygen atoms in total. The molecule has 2 N–H and O–H groups in total. The van der Waals surface area contributed by atoms with Gasteiger partial charge in [0.1, 0.15) is 0 Å². The molecular formula is C21H35ClN2O3. The van der Waals surface area contributed by atoms with E-state index in [1.165, 1.54) is 12.8 Å². The lowest BCUT2D eigenvalue weighted by molar-refractivity contribution is -0.122. The number of ether oxygens (including phenoxy) is 2. The molecule has 1 aromatic carbocycles. The number of hydrogen-bond acceptors (Lipinski definition) is 4. The van der Waals surface area contributed by atoms with E-state index in [-0.39, 0.29) is 24.4 Å². The highest BCUT2D eigenvalue weighted by Crippen LogP contribution is 2.30. The Morgan fingerprint density at radius 3 is 2.70 bits per heavy atom. The molecular weight excluding hydrogens is 364 g/mol. The highest BCUT2D eigenvalue weighted by molar-refractivity contribution is 5.85. The summed E-state index contributed by atoms with van der Waals surface area (Å²) in [6.45, 7) is 6.99. The lowest BCUT2D eigenvalue weighted by Gasteiger charge is -2.22. The van der Waals surface area contributed by atoms with E-state index in [2.05, 4.69) is 17.6 Å². The third kappa shape index (κ3) is 7.97. The quantitative estimate of drug-likeness (QED) is 0.578. The minimum Gasteiger partial charge on any atom is -0.493 e. The highest BCUT2D eigenvalue weighted by atomic mass is 35.5. The van der Waals surface area contributed by atoms with Crippen LogP contribution < -0.4 is 20.1 Å². The van der Waals surface area contributed by atoms with E-state index in [9.17, 15) is 4.79 Å².